The molecular weight excluding hydrogens is 446 g/mol. The number of halogens is 1. The molecule has 1 saturated heterocycles. The fourth-order valence-corrected chi connectivity index (χ4v) is 4.90. The number of esters is 1. The van der Waals surface area contributed by atoms with E-state index in [-0.39, 0.29) is 23.9 Å². The zero-order chi connectivity index (χ0) is 22.8. The van der Waals surface area contributed by atoms with E-state index in [0.29, 0.717) is 16.5 Å². The van der Waals surface area contributed by atoms with Crippen LogP contribution < -0.4 is 10.6 Å². The number of aryl methyl sites for hydroxylation is 1. The quantitative estimate of drug-likeness (QED) is 0.389. The van der Waals surface area contributed by atoms with E-state index in [1.54, 1.807) is 6.92 Å². The van der Waals surface area contributed by atoms with Gasteiger partial charge in [-0.05, 0) is 50.6 Å². The summed E-state index contributed by atoms with van der Waals surface area (Å²) in [4.78, 5) is 25.4. The van der Waals surface area contributed by atoms with E-state index in [0.717, 1.165) is 33.4 Å². The van der Waals surface area contributed by atoms with E-state index in [4.69, 9.17) is 16.3 Å². The Balaban J connectivity index is 1.64. The molecule has 0 spiro atoms. The van der Waals surface area contributed by atoms with Crippen molar-refractivity contribution < 1.29 is 14.3 Å². The van der Waals surface area contributed by atoms with Gasteiger partial charge in [0.25, 0.3) is 5.91 Å². The molecule has 1 aliphatic rings. The van der Waals surface area contributed by atoms with Crippen LogP contribution in [0.15, 0.2) is 47.4 Å². The number of para-hydroxylation sites is 1. The van der Waals surface area contributed by atoms with Crippen LogP contribution in [0.25, 0.3) is 17.0 Å². The van der Waals surface area contributed by atoms with Crippen LogP contribution in [0.4, 0.5) is 5.69 Å². The SMILES string of the molecule is CCOC(=O)Cn1c(C)c(/C=C2\SC(Nc3cc(Cl)ccc3C)NC2=O)c2ccccc21. The van der Waals surface area contributed by atoms with Gasteiger partial charge in [0, 0.05) is 32.9 Å². The lowest BCUT2D eigenvalue weighted by atomic mass is 10.1. The predicted octanol–water partition coefficient (Wildman–Crippen LogP) is 5.07. The Labute approximate surface area is 196 Å². The lowest BCUT2D eigenvalue weighted by Crippen LogP contribution is -2.31. The first-order chi connectivity index (χ1) is 15.4. The summed E-state index contributed by atoms with van der Waals surface area (Å²) in [5, 5.41) is 7.91. The molecule has 0 bridgehead atoms. The number of hydrogen-bond donors (Lipinski definition) is 2. The fourth-order valence-electron chi connectivity index (χ4n) is 3.77. The summed E-state index contributed by atoms with van der Waals surface area (Å²) >= 11 is 7.53. The van der Waals surface area contributed by atoms with Crippen LogP contribution in [0.2, 0.25) is 5.02 Å². The van der Waals surface area contributed by atoms with Gasteiger partial charge in [0.1, 0.15) is 6.54 Å². The topological polar surface area (TPSA) is 72.4 Å². The first kappa shape index (κ1) is 22.3. The van der Waals surface area contributed by atoms with Gasteiger partial charge in [0.05, 0.1) is 11.5 Å². The van der Waals surface area contributed by atoms with Crippen molar-refractivity contribution in [2.24, 2.45) is 0 Å². The normalized spacial score (nSPS) is 17.1. The molecule has 6 nitrogen and oxygen atoms in total. The van der Waals surface area contributed by atoms with Gasteiger partial charge >= 0.3 is 5.97 Å². The zero-order valence-corrected chi connectivity index (χ0v) is 19.6. The summed E-state index contributed by atoms with van der Waals surface area (Å²) in [5.41, 5.74) is 4.36. The Bertz CT molecular complexity index is 1230. The third-order valence-electron chi connectivity index (χ3n) is 5.36. The third-order valence-corrected chi connectivity index (χ3v) is 6.63. The largest absolute Gasteiger partial charge is 0.465 e. The number of aromatic nitrogens is 1. The number of ether oxygens (including phenoxy) is 1. The molecule has 1 atom stereocenters. The number of carbonyl (C=O) groups is 2. The molecule has 8 heteroatoms. The van der Waals surface area contributed by atoms with Crippen molar-refractivity contribution >= 4 is 57.9 Å². The minimum atomic E-state index is -0.306. The molecule has 2 aromatic carbocycles. The molecule has 3 aromatic rings. The van der Waals surface area contributed by atoms with E-state index in [2.05, 4.69) is 10.6 Å². The van der Waals surface area contributed by atoms with Crippen molar-refractivity contribution in [1.29, 1.82) is 0 Å². The van der Waals surface area contributed by atoms with Crippen molar-refractivity contribution in [2.75, 3.05) is 11.9 Å². The van der Waals surface area contributed by atoms with Gasteiger partial charge in [-0.1, -0.05) is 47.6 Å². The Morgan fingerprint density at radius 1 is 1.28 bits per heavy atom. The van der Waals surface area contributed by atoms with E-state index in [1.807, 2.05) is 67.0 Å². The van der Waals surface area contributed by atoms with E-state index in [1.165, 1.54) is 11.8 Å². The van der Waals surface area contributed by atoms with Crippen LogP contribution in [-0.4, -0.2) is 28.5 Å². The van der Waals surface area contributed by atoms with Crippen LogP contribution in [0.5, 0.6) is 0 Å². The number of benzene rings is 2. The van der Waals surface area contributed by atoms with Gasteiger partial charge in [0.2, 0.25) is 0 Å². The molecule has 166 valence electrons. The number of fused-ring (bicyclic) bond motifs is 1. The lowest BCUT2D eigenvalue weighted by molar-refractivity contribution is -0.143. The summed E-state index contributed by atoms with van der Waals surface area (Å²) in [6, 6.07) is 13.5. The molecule has 2 heterocycles. The fraction of sp³-hybridized carbons (Fsp3) is 0.250. The molecule has 32 heavy (non-hydrogen) atoms. The Morgan fingerprint density at radius 2 is 2.06 bits per heavy atom. The highest BCUT2D eigenvalue weighted by atomic mass is 35.5. The third kappa shape index (κ3) is 4.49. The molecule has 2 N–H and O–H groups in total. The van der Waals surface area contributed by atoms with Gasteiger partial charge in [0.15, 0.2) is 5.50 Å². The highest BCUT2D eigenvalue weighted by Gasteiger charge is 2.28. The average Bonchev–Trinajstić information content (AvgIpc) is 3.23. The van der Waals surface area contributed by atoms with E-state index < -0.39 is 0 Å². The summed E-state index contributed by atoms with van der Waals surface area (Å²) < 4.78 is 7.07. The van der Waals surface area contributed by atoms with Crippen LogP contribution in [0.1, 0.15) is 23.7 Å². The Kier molecular flexibility index (Phi) is 6.48. The van der Waals surface area contributed by atoms with Crippen molar-refractivity contribution in [3.05, 3.63) is 69.2 Å². The number of rotatable bonds is 6. The van der Waals surface area contributed by atoms with Gasteiger partial charge < -0.3 is 19.9 Å². The highest BCUT2D eigenvalue weighted by Crippen LogP contribution is 2.35. The van der Waals surface area contributed by atoms with Gasteiger partial charge in [-0.15, -0.1) is 0 Å². The maximum atomic E-state index is 12.7. The highest BCUT2D eigenvalue weighted by molar-refractivity contribution is 8.05. The minimum absolute atomic E-state index is 0.126. The van der Waals surface area contributed by atoms with Crippen LogP contribution in [0, 0.1) is 13.8 Å². The van der Waals surface area contributed by atoms with Crippen molar-refractivity contribution in [2.45, 2.75) is 32.8 Å². The van der Waals surface area contributed by atoms with Gasteiger partial charge in [-0.25, -0.2) is 0 Å². The van der Waals surface area contributed by atoms with Crippen LogP contribution in [0.3, 0.4) is 0 Å². The molecule has 1 unspecified atom stereocenters. The van der Waals surface area contributed by atoms with Crippen molar-refractivity contribution in [1.82, 2.24) is 9.88 Å². The smallest absolute Gasteiger partial charge is 0.325 e. The number of nitrogens with zero attached hydrogens (tertiary/aromatic N) is 1. The van der Waals surface area contributed by atoms with E-state index in [9.17, 15) is 9.59 Å². The summed E-state index contributed by atoms with van der Waals surface area (Å²) in [5.74, 6) is -0.432. The number of nitrogens with one attached hydrogen (secondary N) is 2. The Morgan fingerprint density at radius 3 is 2.84 bits per heavy atom. The molecule has 0 aliphatic carbocycles. The zero-order valence-electron chi connectivity index (χ0n) is 18.1. The second-order valence-electron chi connectivity index (χ2n) is 7.49. The number of anilines is 1. The molecule has 0 radical (unpaired) electrons. The van der Waals surface area contributed by atoms with E-state index >= 15 is 0 Å². The lowest BCUT2D eigenvalue weighted by Gasteiger charge is -2.15. The van der Waals surface area contributed by atoms with Crippen LogP contribution >= 0.6 is 23.4 Å². The number of hydrogen-bond acceptors (Lipinski definition) is 5. The maximum Gasteiger partial charge on any atom is 0.325 e. The first-order valence-electron chi connectivity index (χ1n) is 10.3. The number of thioether (sulfide) groups is 1. The second-order valence-corrected chi connectivity index (χ2v) is 9.07. The summed E-state index contributed by atoms with van der Waals surface area (Å²) in [7, 11) is 0. The van der Waals surface area contributed by atoms with Crippen LogP contribution in [-0.2, 0) is 20.9 Å². The maximum absolute atomic E-state index is 12.7. The molecule has 1 fully saturated rings. The first-order valence-corrected chi connectivity index (χ1v) is 11.6. The van der Waals surface area contributed by atoms with Gasteiger partial charge in [-0.2, -0.15) is 0 Å². The van der Waals surface area contributed by atoms with Crippen molar-refractivity contribution in [3.8, 4) is 0 Å². The minimum Gasteiger partial charge on any atom is -0.465 e. The predicted molar refractivity (Wildman–Crippen MR) is 131 cm³/mol. The van der Waals surface area contributed by atoms with Crippen molar-refractivity contribution in [3.63, 3.8) is 0 Å². The number of carbonyl (C=O) groups excluding carboxylic acids is 2. The monoisotopic (exact) mass is 469 g/mol. The molecule has 1 aliphatic heterocycles. The molecule has 0 saturated carbocycles. The van der Waals surface area contributed by atoms with Gasteiger partial charge in [-0.3, -0.25) is 9.59 Å². The molecule has 1 amide bonds. The Hall–Kier alpha value is -2.90. The second kappa shape index (κ2) is 9.30. The summed E-state index contributed by atoms with van der Waals surface area (Å²) in [6.07, 6.45) is 1.89. The average molecular weight is 470 g/mol. The number of amides is 1. The standard InChI is InChI=1S/C24H24ClN3O3S/c1-4-31-22(29)13-28-15(3)18(17-7-5-6-8-20(17)28)12-21-23(30)27-24(32-21)26-19-11-16(25)10-9-14(19)2/h5-12,24,26H,4,13H2,1-3H3,(H,27,30)/b21-12-. The summed E-state index contributed by atoms with van der Waals surface area (Å²) in [6.45, 7) is 6.19. The molecular formula is C24H24ClN3O3S. The molecule has 4 rings (SSSR count). The molecule has 1 aromatic heterocycles.